The summed E-state index contributed by atoms with van der Waals surface area (Å²) in [6.07, 6.45) is 2.74. The first kappa shape index (κ1) is 14.2. The third kappa shape index (κ3) is 3.49. The summed E-state index contributed by atoms with van der Waals surface area (Å²) in [7, 11) is 0. The van der Waals surface area contributed by atoms with Crippen LogP contribution in [0.3, 0.4) is 0 Å². The standard InChI is InChI=1S/C16H18N2O2S/c1-11(17)12-3-6-16(18-10-12)21-13-4-5-14-15(9-13)20-8-2-7-19-14/h3-6,9-11H,2,7-8,17H2,1H3/t11-/m0/s1. The van der Waals surface area contributed by atoms with Gasteiger partial charge in [-0.3, -0.25) is 0 Å². The topological polar surface area (TPSA) is 57.4 Å². The van der Waals surface area contributed by atoms with Crippen LogP contribution in [0.5, 0.6) is 11.5 Å². The summed E-state index contributed by atoms with van der Waals surface area (Å²) in [5.41, 5.74) is 6.87. The average Bonchev–Trinajstić information content (AvgIpc) is 2.72. The van der Waals surface area contributed by atoms with Crippen LogP contribution in [-0.2, 0) is 0 Å². The predicted molar refractivity (Wildman–Crippen MR) is 83.0 cm³/mol. The van der Waals surface area contributed by atoms with Gasteiger partial charge < -0.3 is 15.2 Å². The highest BCUT2D eigenvalue weighted by Crippen LogP contribution is 2.36. The minimum Gasteiger partial charge on any atom is -0.490 e. The van der Waals surface area contributed by atoms with Crippen LogP contribution < -0.4 is 15.2 Å². The van der Waals surface area contributed by atoms with Gasteiger partial charge in [0.1, 0.15) is 5.03 Å². The molecule has 110 valence electrons. The summed E-state index contributed by atoms with van der Waals surface area (Å²) in [6, 6.07) is 10.0. The number of nitrogens with zero attached hydrogens (tertiary/aromatic N) is 1. The fourth-order valence-corrected chi connectivity index (χ4v) is 2.83. The Morgan fingerprint density at radius 1 is 1.14 bits per heavy atom. The van der Waals surface area contributed by atoms with E-state index in [1.165, 1.54) is 0 Å². The van der Waals surface area contributed by atoms with Crippen molar-refractivity contribution in [1.29, 1.82) is 0 Å². The molecule has 0 bridgehead atoms. The van der Waals surface area contributed by atoms with E-state index in [0.717, 1.165) is 33.4 Å². The van der Waals surface area contributed by atoms with Crippen LogP contribution in [0, 0.1) is 0 Å². The Balaban J connectivity index is 1.77. The van der Waals surface area contributed by atoms with Crippen LogP contribution in [0.2, 0.25) is 0 Å². The number of hydrogen-bond acceptors (Lipinski definition) is 5. The van der Waals surface area contributed by atoms with Crippen molar-refractivity contribution in [1.82, 2.24) is 4.98 Å². The van der Waals surface area contributed by atoms with Crippen LogP contribution >= 0.6 is 11.8 Å². The normalized spacial score (nSPS) is 15.3. The number of pyridine rings is 1. The highest BCUT2D eigenvalue weighted by Gasteiger charge is 2.11. The zero-order valence-electron chi connectivity index (χ0n) is 11.9. The summed E-state index contributed by atoms with van der Waals surface area (Å²) < 4.78 is 11.3. The fraction of sp³-hybridized carbons (Fsp3) is 0.312. The third-order valence-corrected chi connectivity index (χ3v) is 4.17. The van der Waals surface area contributed by atoms with Gasteiger partial charge in [0.2, 0.25) is 0 Å². The average molecular weight is 302 g/mol. The Morgan fingerprint density at radius 3 is 2.67 bits per heavy atom. The molecular weight excluding hydrogens is 284 g/mol. The molecular formula is C16H18N2O2S. The first-order chi connectivity index (χ1) is 10.2. The van der Waals surface area contributed by atoms with Gasteiger partial charge in [0.15, 0.2) is 11.5 Å². The predicted octanol–water partition coefficient (Wildman–Crippen LogP) is 3.41. The maximum atomic E-state index is 5.83. The molecule has 0 saturated heterocycles. The number of fused-ring (bicyclic) bond motifs is 1. The molecule has 0 unspecified atom stereocenters. The Morgan fingerprint density at radius 2 is 1.95 bits per heavy atom. The fourth-order valence-electron chi connectivity index (χ4n) is 2.05. The van der Waals surface area contributed by atoms with E-state index in [4.69, 9.17) is 15.2 Å². The van der Waals surface area contributed by atoms with Gasteiger partial charge in [0.25, 0.3) is 0 Å². The van der Waals surface area contributed by atoms with Gasteiger partial charge in [0, 0.05) is 23.6 Å². The van der Waals surface area contributed by atoms with Crippen LogP contribution in [0.4, 0.5) is 0 Å². The number of aromatic nitrogens is 1. The molecule has 3 rings (SSSR count). The highest BCUT2D eigenvalue weighted by atomic mass is 32.2. The van der Waals surface area contributed by atoms with E-state index in [1.807, 2.05) is 43.5 Å². The van der Waals surface area contributed by atoms with Crippen molar-refractivity contribution in [2.45, 2.75) is 29.3 Å². The van der Waals surface area contributed by atoms with E-state index in [-0.39, 0.29) is 6.04 Å². The van der Waals surface area contributed by atoms with Gasteiger partial charge in [-0.25, -0.2) is 4.98 Å². The van der Waals surface area contributed by atoms with E-state index < -0.39 is 0 Å². The van der Waals surface area contributed by atoms with E-state index >= 15 is 0 Å². The van der Waals surface area contributed by atoms with Crippen molar-refractivity contribution >= 4 is 11.8 Å². The minimum atomic E-state index is 0.00888. The molecule has 1 atom stereocenters. The van der Waals surface area contributed by atoms with Gasteiger partial charge in [-0.15, -0.1) is 0 Å². The van der Waals surface area contributed by atoms with Crippen molar-refractivity contribution < 1.29 is 9.47 Å². The van der Waals surface area contributed by atoms with Crippen molar-refractivity contribution in [3.63, 3.8) is 0 Å². The molecule has 1 aliphatic rings. The SMILES string of the molecule is C[C@H](N)c1ccc(Sc2ccc3c(c2)OCCCO3)nc1. The first-order valence-electron chi connectivity index (χ1n) is 7.01. The van der Waals surface area contributed by atoms with E-state index in [9.17, 15) is 0 Å². The summed E-state index contributed by atoms with van der Waals surface area (Å²) >= 11 is 1.60. The second-order valence-electron chi connectivity index (χ2n) is 4.98. The summed E-state index contributed by atoms with van der Waals surface area (Å²) in [5.74, 6) is 1.63. The highest BCUT2D eigenvalue weighted by molar-refractivity contribution is 7.99. The molecule has 2 aromatic rings. The zero-order chi connectivity index (χ0) is 14.7. The molecule has 0 fully saturated rings. The van der Waals surface area contributed by atoms with Crippen molar-refractivity contribution in [3.8, 4) is 11.5 Å². The second-order valence-corrected chi connectivity index (χ2v) is 6.07. The largest absolute Gasteiger partial charge is 0.490 e. The lowest BCUT2D eigenvalue weighted by molar-refractivity contribution is 0.297. The summed E-state index contributed by atoms with van der Waals surface area (Å²) in [4.78, 5) is 5.52. The Bertz CT molecular complexity index is 614. The number of hydrogen-bond donors (Lipinski definition) is 1. The van der Waals surface area contributed by atoms with Crippen LogP contribution in [0.15, 0.2) is 46.5 Å². The molecule has 21 heavy (non-hydrogen) atoms. The lowest BCUT2D eigenvalue weighted by Gasteiger charge is -2.09. The second kappa shape index (κ2) is 6.37. The monoisotopic (exact) mass is 302 g/mol. The van der Waals surface area contributed by atoms with Crippen molar-refractivity contribution in [2.75, 3.05) is 13.2 Å². The third-order valence-electron chi connectivity index (χ3n) is 3.23. The lowest BCUT2D eigenvalue weighted by atomic mass is 10.2. The summed E-state index contributed by atoms with van der Waals surface area (Å²) in [6.45, 7) is 3.36. The van der Waals surface area contributed by atoms with E-state index in [0.29, 0.717) is 13.2 Å². The molecule has 1 aromatic carbocycles. The maximum absolute atomic E-state index is 5.83. The zero-order valence-corrected chi connectivity index (χ0v) is 12.7. The molecule has 0 saturated carbocycles. The molecule has 5 heteroatoms. The minimum absolute atomic E-state index is 0.00888. The van der Waals surface area contributed by atoms with Gasteiger partial charge in [-0.1, -0.05) is 17.8 Å². The van der Waals surface area contributed by atoms with E-state index in [2.05, 4.69) is 4.98 Å². The molecule has 1 aliphatic heterocycles. The Kier molecular flexibility index (Phi) is 4.31. The number of ether oxygens (including phenoxy) is 2. The van der Waals surface area contributed by atoms with Crippen LogP contribution in [-0.4, -0.2) is 18.2 Å². The molecule has 0 aliphatic carbocycles. The molecule has 4 nitrogen and oxygen atoms in total. The smallest absolute Gasteiger partial charge is 0.162 e. The van der Waals surface area contributed by atoms with Gasteiger partial charge in [-0.2, -0.15) is 0 Å². The molecule has 2 N–H and O–H groups in total. The lowest BCUT2D eigenvalue weighted by Crippen LogP contribution is -2.04. The molecule has 1 aromatic heterocycles. The van der Waals surface area contributed by atoms with E-state index in [1.54, 1.807) is 11.8 Å². The molecule has 0 radical (unpaired) electrons. The molecule has 2 heterocycles. The number of rotatable bonds is 3. The van der Waals surface area contributed by atoms with Gasteiger partial charge in [0.05, 0.1) is 13.2 Å². The van der Waals surface area contributed by atoms with Crippen LogP contribution in [0.25, 0.3) is 0 Å². The van der Waals surface area contributed by atoms with Crippen molar-refractivity contribution in [3.05, 3.63) is 42.1 Å². The van der Waals surface area contributed by atoms with Gasteiger partial charge >= 0.3 is 0 Å². The number of benzene rings is 1. The Hall–Kier alpha value is -1.72. The first-order valence-corrected chi connectivity index (χ1v) is 7.83. The maximum Gasteiger partial charge on any atom is 0.162 e. The molecule has 0 spiro atoms. The Labute approximate surface area is 128 Å². The number of nitrogens with two attached hydrogens (primary N) is 1. The van der Waals surface area contributed by atoms with Gasteiger partial charge in [-0.05, 0) is 36.8 Å². The van der Waals surface area contributed by atoms with Crippen LogP contribution in [0.1, 0.15) is 24.9 Å². The van der Waals surface area contributed by atoms with Crippen molar-refractivity contribution in [2.24, 2.45) is 5.73 Å². The molecule has 0 amide bonds. The quantitative estimate of drug-likeness (QED) is 0.941. The summed E-state index contributed by atoms with van der Waals surface area (Å²) in [5, 5.41) is 0.939.